The maximum absolute atomic E-state index is 6.54. The molecule has 0 saturated heterocycles. The first kappa shape index (κ1) is 18.8. The Balaban J connectivity index is 2.06. The van der Waals surface area contributed by atoms with Crippen LogP contribution < -0.4 is 0 Å². The molecule has 0 spiro atoms. The van der Waals surface area contributed by atoms with E-state index in [-0.39, 0.29) is 5.41 Å². The molecule has 0 bridgehead atoms. The van der Waals surface area contributed by atoms with Crippen LogP contribution in [0, 0.1) is 11.7 Å². The van der Waals surface area contributed by atoms with Crippen LogP contribution in [0.2, 0.25) is 10.2 Å². The fraction of sp³-hybridized carbons (Fsp3) is 0.294. The molecule has 9 heteroatoms. The van der Waals surface area contributed by atoms with Crippen LogP contribution in [-0.4, -0.2) is 30.9 Å². The van der Waals surface area contributed by atoms with Crippen LogP contribution in [0.5, 0.6) is 0 Å². The first-order valence-electron chi connectivity index (χ1n) is 7.92. The fourth-order valence-corrected chi connectivity index (χ4v) is 3.15. The number of hydrogen-bond acceptors (Lipinski definition) is 4. The number of aryl methyl sites for hydroxylation is 1. The lowest BCUT2D eigenvalue weighted by Gasteiger charge is -2.15. The Kier molecular flexibility index (Phi) is 5.05. The molecule has 0 saturated carbocycles. The Labute approximate surface area is 166 Å². The number of H-pyrrole nitrogens is 1. The minimum Gasteiger partial charge on any atom is -0.250 e. The van der Waals surface area contributed by atoms with E-state index in [1.807, 2.05) is 45.9 Å². The van der Waals surface area contributed by atoms with Gasteiger partial charge in [-0.3, -0.25) is 5.10 Å². The van der Waals surface area contributed by atoms with Crippen molar-refractivity contribution in [3.8, 4) is 5.69 Å². The molecule has 2 heterocycles. The number of nitrogens with zero attached hydrogens (tertiary/aromatic N) is 5. The molecule has 0 unspecified atom stereocenters. The smallest absolute Gasteiger partial charge is 0.216 e. The van der Waals surface area contributed by atoms with Crippen molar-refractivity contribution in [3.63, 3.8) is 0 Å². The third kappa shape index (κ3) is 3.47. The van der Waals surface area contributed by atoms with E-state index in [1.54, 1.807) is 21.6 Å². The Morgan fingerprint density at radius 2 is 1.92 bits per heavy atom. The van der Waals surface area contributed by atoms with Crippen LogP contribution in [0.1, 0.15) is 37.9 Å². The van der Waals surface area contributed by atoms with E-state index < -0.39 is 0 Å². The second-order valence-corrected chi connectivity index (χ2v) is 7.96. The molecule has 1 aromatic carbocycles. The summed E-state index contributed by atoms with van der Waals surface area (Å²) in [6, 6.07) is 7.37. The first-order valence-corrected chi connectivity index (χ1v) is 9.09. The average Bonchev–Trinajstić information content (AvgIpc) is 3.06. The monoisotopic (exact) mass is 408 g/mol. The van der Waals surface area contributed by atoms with Crippen molar-refractivity contribution in [1.29, 1.82) is 0 Å². The maximum atomic E-state index is 6.54. The van der Waals surface area contributed by atoms with Gasteiger partial charge < -0.3 is 0 Å². The van der Waals surface area contributed by atoms with Crippen LogP contribution in [-0.2, 0) is 5.41 Å². The van der Waals surface area contributed by atoms with Crippen LogP contribution in [0.25, 0.3) is 5.69 Å². The van der Waals surface area contributed by atoms with Gasteiger partial charge in [0.05, 0.1) is 28.2 Å². The van der Waals surface area contributed by atoms with Crippen molar-refractivity contribution in [2.24, 2.45) is 5.10 Å². The number of rotatable bonds is 3. The standard InChI is InChI=1S/C17H18Cl2N6S/c1-10-11(9-20-25-15(17(2,3)4)21-22-16(25)26)14(19)24(23-10)13-8-6-5-7-12(13)18/h5-9H,1-4H3,(H,22,26)/b20-9+. The van der Waals surface area contributed by atoms with E-state index in [2.05, 4.69) is 20.4 Å². The Morgan fingerprint density at radius 1 is 1.23 bits per heavy atom. The van der Waals surface area contributed by atoms with Gasteiger partial charge in [0.25, 0.3) is 0 Å². The highest BCUT2D eigenvalue weighted by molar-refractivity contribution is 7.71. The second kappa shape index (κ2) is 6.98. The molecule has 3 aromatic rings. The van der Waals surface area contributed by atoms with E-state index in [9.17, 15) is 0 Å². The largest absolute Gasteiger partial charge is 0.250 e. The SMILES string of the molecule is Cc1nn(-c2ccccc2Cl)c(Cl)c1/C=N/n1c(C(C)(C)C)n[nH]c1=S. The van der Waals surface area contributed by atoms with Gasteiger partial charge in [-0.15, -0.1) is 0 Å². The minimum atomic E-state index is -0.217. The minimum absolute atomic E-state index is 0.217. The van der Waals surface area contributed by atoms with Crippen molar-refractivity contribution in [3.05, 3.63) is 56.3 Å². The van der Waals surface area contributed by atoms with Crippen molar-refractivity contribution < 1.29 is 0 Å². The van der Waals surface area contributed by atoms with Crippen molar-refractivity contribution in [2.45, 2.75) is 33.1 Å². The molecule has 1 N–H and O–H groups in total. The molecular weight excluding hydrogens is 391 g/mol. The molecule has 3 rings (SSSR count). The summed E-state index contributed by atoms with van der Waals surface area (Å²) in [5.41, 5.74) is 1.91. The predicted molar refractivity (Wildman–Crippen MR) is 107 cm³/mol. The number of para-hydroxylation sites is 1. The van der Waals surface area contributed by atoms with Crippen molar-refractivity contribution in [2.75, 3.05) is 0 Å². The van der Waals surface area contributed by atoms with E-state index >= 15 is 0 Å². The summed E-state index contributed by atoms with van der Waals surface area (Å²) in [6.07, 6.45) is 1.64. The number of aromatic amines is 1. The summed E-state index contributed by atoms with van der Waals surface area (Å²) in [4.78, 5) is 0. The predicted octanol–water partition coefficient (Wildman–Crippen LogP) is 4.92. The highest BCUT2D eigenvalue weighted by Gasteiger charge is 2.22. The molecule has 0 aliphatic heterocycles. The molecule has 0 atom stereocenters. The number of nitrogens with one attached hydrogen (secondary N) is 1. The molecule has 0 amide bonds. The number of aromatic nitrogens is 5. The molecule has 2 aromatic heterocycles. The van der Waals surface area contributed by atoms with Gasteiger partial charge in [0.2, 0.25) is 4.77 Å². The zero-order valence-electron chi connectivity index (χ0n) is 14.8. The molecule has 6 nitrogen and oxygen atoms in total. The lowest BCUT2D eigenvalue weighted by atomic mass is 9.96. The van der Waals surface area contributed by atoms with Crippen molar-refractivity contribution >= 4 is 41.6 Å². The highest BCUT2D eigenvalue weighted by atomic mass is 35.5. The summed E-state index contributed by atoms with van der Waals surface area (Å²) in [5, 5.41) is 17.0. The van der Waals surface area contributed by atoms with Gasteiger partial charge in [-0.2, -0.15) is 20.0 Å². The van der Waals surface area contributed by atoms with E-state index in [4.69, 9.17) is 35.4 Å². The summed E-state index contributed by atoms with van der Waals surface area (Å²) < 4.78 is 3.61. The zero-order valence-corrected chi connectivity index (χ0v) is 17.1. The van der Waals surface area contributed by atoms with Crippen molar-refractivity contribution in [1.82, 2.24) is 24.7 Å². The second-order valence-electron chi connectivity index (χ2n) is 6.81. The first-order chi connectivity index (χ1) is 12.2. The Hall–Kier alpha value is -1.96. The number of halogens is 2. The molecule has 0 radical (unpaired) electrons. The Morgan fingerprint density at radius 3 is 2.58 bits per heavy atom. The molecule has 26 heavy (non-hydrogen) atoms. The Bertz CT molecular complexity index is 1040. The molecule has 0 aliphatic carbocycles. The van der Waals surface area contributed by atoms with Crippen LogP contribution in [0.15, 0.2) is 29.4 Å². The lowest BCUT2D eigenvalue weighted by Crippen LogP contribution is -2.17. The van der Waals surface area contributed by atoms with E-state index in [0.717, 1.165) is 11.5 Å². The molecule has 0 aliphatic rings. The van der Waals surface area contributed by atoms with Gasteiger partial charge in [-0.1, -0.05) is 56.1 Å². The van der Waals surface area contributed by atoms with E-state index in [1.165, 1.54) is 0 Å². The summed E-state index contributed by atoms with van der Waals surface area (Å²) >= 11 is 18.1. The summed E-state index contributed by atoms with van der Waals surface area (Å²) in [6.45, 7) is 7.98. The third-order valence-corrected chi connectivity index (χ3v) is 4.70. The van der Waals surface area contributed by atoms with Gasteiger partial charge in [0.1, 0.15) is 5.15 Å². The van der Waals surface area contributed by atoms with Gasteiger partial charge in [-0.05, 0) is 31.3 Å². The van der Waals surface area contributed by atoms with Gasteiger partial charge in [-0.25, -0.2) is 4.68 Å². The van der Waals surface area contributed by atoms with Gasteiger partial charge in [0, 0.05) is 5.41 Å². The van der Waals surface area contributed by atoms with Crippen LogP contribution in [0.4, 0.5) is 0 Å². The van der Waals surface area contributed by atoms with Gasteiger partial charge >= 0.3 is 0 Å². The highest BCUT2D eigenvalue weighted by Crippen LogP contribution is 2.27. The average molecular weight is 409 g/mol. The number of hydrogen-bond donors (Lipinski definition) is 1. The fourth-order valence-electron chi connectivity index (χ4n) is 2.44. The third-order valence-electron chi connectivity index (χ3n) is 3.75. The molecule has 0 fully saturated rings. The molecular formula is C17H18Cl2N6S. The van der Waals surface area contributed by atoms with Crippen LogP contribution >= 0.6 is 35.4 Å². The topological polar surface area (TPSA) is 63.8 Å². The summed E-state index contributed by atoms with van der Waals surface area (Å²) in [5.74, 6) is 0.728. The maximum Gasteiger partial charge on any atom is 0.216 e. The quantitative estimate of drug-likeness (QED) is 0.493. The van der Waals surface area contributed by atoms with Crippen LogP contribution in [0.3, 0.4) is 0 Å². The number of benzene rings is 1. The normalized spacial score (nSPS) is 12.2. The zero-order chi connectivity index (χ0) is 19.1. The molecule has 136 valence electrons. The lowest BCUT2D eigenvalue weighted by molar-refractivity contribution is 0.516. The van der Waals surface area contributed by atoms with E-state index in [0.29, 0.717) is 26.2 Å². The van der Waals surface area contributed by atoms with Gasteiger partial charge in [0.15, 0.2) is 5.82 Å². The summed E-state index contributed by atoms with van der Waals surface area (Å²) in [7, 11) is 0.